The third kappa shape index (κ3) is 3.85. The maximum absolute atomic E-state index is 11.7. The van der Waals surface area contributed by atoms with Crippen LogP contribution >= 0.6 is 15.9 Å². The Balaban J connectivity index is 2.38. The minimum Gasteiger partial charge on any atom is -0.465 e. The lowest BCUT2D eigenvalue weighted by Crippen LogP contribution is -2.07. The number of methoxy groups -OCH3 is 2. The average molecular weight is 365 g/mol. The summed E-state index contributed by atoms with van der Waals surface area (Å²) in [4.78, 5) is 23.4. The van der Waals surface area contributed by atoms with E-state index < -0.39 is 11.9 Å². The lowest BCUT2D eigenvalue weighted by molar-refractivity contribution is 0.0598. The third-order valence-electron chi connectivity index (χ3n) is 2.80. The molecule has 0 unspecified atom stereocenters. The Hall–Kier alpha value is -2.34. The van der Waals surface area contributed by atoms with Gasteiger partial charge in [0, 0.05) is 4.47 Å². The summed E-state index contributed by atoms with van der Waals surface area (Å²) in [6, 6.07) is 11.5. The molecule has 0 saturated heterocycles. The molecule has 5 nitrogen and oxygen atoms in total. The predicted octanol–water partition coefficient (Wildman–Crippen LogP) is 3.81. The molecule has 2 aromatic carbocycles. The molecule has 0 saturated carbocycles. The molecule has 0 atom stereocenters. The number of hydrogen-bond acceptors (Lipinski definition) is 5. The molecule has 2 aromatic rings. The molecule has 114 valence electrons. The van der Waals surface area contributed by atoms with Crippen molar-refractivity contribution < 1.29 is 23.8 Å². The first kappa shape index (κ1) is 16.0. The lowest BCUT2D eigenvalue weighted by Gasteiger charge is -2.09. The van der Waals surface area contributed by atoms with Gasteiger partial charge in [-0.05, 0) is 42.5 Å². The van der Waals surface area contributed by atoms with Gasteiger partial charge < -0.3 is 14.2 Å². The molecule has 2 rings (SSSR count). The summed E-state index contributed by atoms with van der Waals surface area (Å²) < 4.78 is 15.9. The summed E-state index contributed by atoms with van der Waals surface area (Å²) in [6.45, 7) is 0. The first-order valence-electron chi connectivity index (χ1n) is 6.28. The fourth-order valence-electron chi connectivity index (χ4n) is 1.77. The molecule has 22 heavy (non-hydrogen) atoms. The Kier molecular flexibility index (Phi) is 5.16. The number of esters is 2. The Labute approximate surface area is 135 Å². The van der Waals surface area contributed by atoms with E-state index >= 15 is 0 Å². The molecule has 0 aliphatic heterocycles. The molecule has 0 radical (unpaired) electrons. The Morgan fingerprint density at radius 1 is 0.818 bits per heavy atom. The topological polar surface area (TPSA) is 61.8 Å². The molecule has 0 aromatic heterocycles. The average Bonchev–Trinajstić information content (AvgIpc) is 2.55. The smallest absolute Gasteiger partial charge is 0.338 e. The number of carbonyl (C=O) groups excluding carboxylic acids is 2. The highest BCUT2D eigenvalue weighted by Crippen LogP contribution is 2.26. The van der Waals surface area contributed by atoms with E-state index in [0.29, 0.717) is 11.5 Å². The first-order chi connectivity index (χ1) is 10.5. The second-order valence-electron chi connectivity index (χ2n) is 4.29. The maximum atomic E-state index is 11.7. The normalized spacial score (nSPS) is 9.95. The van der Waals surface area contributed by atoms with E-state index in [1.165, 1.54) is 32.4 Å². The van der Waals surface area contributed by atoms with E-state index in [2.05, 4.69) is 25.4 Å². The monoisotopic (exact) mass is 364 g/mol. The van der Waals surface area contributed by atoms with E-state index in [0.717, 1.165) is 4.47 Å². The van der Waals surface area contributed by atoms with E-state index in [9.17, 15) is 9.59 Å². The third-order valence-corrected chi connectivity index (χ3v) is 3.33. The van der Waals surface area contributed by atoms with Crippen molar-refractivity contribution in [1.82, 2.24) is 0 Å². The van der Waals surface area contributed by atoms with Gasteiger partial charge in [-0.25, -0.2) is 9.59 Å². The highest BCUT2D eigenvalue weighted by Gasteiger charge is 2.14. The molecule has 0 spiro atoms. The molecular weight excluding hydrogens is 352 g/mol. The lowest BCUT2D eigenvalue weighted by atomic mass is 10.1. The van der Waals surface area contributed by atoms with Crippen molar-refractivity contribution in [1.29, 1.82) is 0 Å². The van der Waals surface area contributed by atoms with Gasteiger partial charge >= 0.3 is 11.9 Å². The van der Waals surface area contributed by atoms with Crippen LogP contribution in [0, 0.1) is 0 Å². The standard InChI is InChI=1S/C16H13BrO5/c1-20-15(18)10-7-11(16(19)21-2)9-14(8-10)22-13-5-3-12(17)4-6-13/h3-9H,1-2H3. The van der Waals surface area contributed by atoms with Crippen LogP contribution in [0.4, 0.5) is 0 Å². The van der Waals surface area contributed by atoms with E-state index in [1.54, 1.807) is 12.1 Å². The zero-order valence-corrected chi connectivity index (χ0v) is 13.5. The van der Waals surface area contributed by atoms with Crippen molar-refractivity contribution in [3.8, 4) is 11.5 Å². The van der Waals surface area contributed by atoms with Crippen LogP contribution in [-0.4, -0.2) is 26.2 Å². The summed E-state index contributed by atoms with van der Waals surface area (Å²) in [5.74, 6) is -0.218. The van der Waals surface area contributed by atoms with Gasteiger partial charge in [-0.1, -0.05) is 15.9 Å². The second kappa shape index (κ2) is 7.09. The highest BCUT2D eigenvalue weighted by molar-refractivity contribution is 9.10. The van der Waals surface area contributed by atoms with Crippen molar-refractivity contribution in [3.63, 3.8) is 0 Å². The van der Waals surface area contributed by atoms with Crippen LogP contribution in [0.5, 0.6) is 11.5 Å². The van der Waals surface area contributed by atoms with Gasteiger partial charge in [0.1, 0.15) is 11.5 Å². The van der Waals surface area contributed by atoms with E-state index in [4.69, 9.17) is 4.74 Å². The van der Waals surface area contributed by atoms with E-state index in [-0.39, 0.29) is 11.1 Å². The number of carbonyl (C=O) groups is 2. The molecule has 0 aliphatic rings. The Morgan fingerprint density at radius 3 is 1.77 bits per heavy atom. The zero-order valence-electron chi connectivity index (χ0n) is 12.0. The minimum absolute atomic E-state index is 0.206. The van der Waals surface area contributed by atoms with Crippen LogP contribution in [0.2, 0.25) is 0 Å². The zero-order chi connectivity index (χ0) is 16.1. The minimum atomic E-state index is -0.564. The summed E-state index contributed by atoms with van der Waals surface area (Å²) in [5.41, 5.74) is 0.412. The predicted molar refractivity (Wildman–Crippen MR) is 83.3 cm³/mol. The second-order valence-corrected chi connectivity index (χ2v) is 5.20. The number of benzene rings is 2. The summed E-state index contributed by atoms with van der Waals surface area (Å²) in [5, 5.41) is 0. The maximum Gasteiger partial charge on any atom is 0.338 e. The number of halogens is 1. The molecule has 6 heteroatoms. The van der Waals surface area contributed by atoms with Crippen LogP contribution in [0.3, 0.4) is 0 Å². The molecule has 0 bridgehead atoms. The summed E-state index contributed by atoms with van der Waals surface area (Å²) >= 11 is 3.33. The van der Waals surface area contributed by atoms with Crippen LogP contribution in [0.15, 0.2) is 46.9 Å². The molecule has 0 amide bonds. The van der Waals surface area contributed by atoms with Gasteiger partial charge in [0.25, 0.3) is 0 Å². The number of ether oxygens (including phenoxy) is 3. The number of rotatable bonds is 4. The van der Waals surface area contributed by atoms with Crippen LogP contribution in [0.25, 0.3) is 0 Å². The largest absolute Gasteiger partial charge is 0.465 e. The SMILES string of the molecule is COC(=O)c1cc(Oc2ccc(Br)cc2)cc(C(=O)OC)c1. The van der Waals surface area contributed by atoms with Gasteiger partial charge in [0.15, 0.2) is 0 Å². The van der Waals surface area contributed by atoms with Gasteiger partial charge in [-0.15, -0.1) is 0 Å². The van der Waals surface area contributed by atoms with Gasteiger partial charge in [0.05, 0.1) is 25.3 Å². The van der Waals surface area contributed by atoms with E-state index in [1.807, 2.05) is 12.1 Å². The molecule has 0 heterocycles. The molecule has 0 aliphatic carbocycles. The van der Waals surface area contributed by atoms with Crippen molar-refractivity contribution in [3.05, 3.63) is 58.1 Å². The van der Waals surface area contributed by atoms with Gasteiger partial charge in [0.2, 0.25) is 0 Å². The fraction of sp³-hybridized carbons (Fsp3) is 0.125. The van der Waals surface area contributed by atoms with Crippen LogP contribution < -0.4 is 4.74 Å². The van der Waals surface area contributed by atoms with Crippen molar-refractivity contribution in [2.24, 2.45) is 0 Å². The fourth-order valence-corrected chi connectivity index (χ4v) is 2.03. The van der Waals surface area contributed by atoms with Crippen molar-refractivity contribution >= 4 is 27.9 Å². The van der Waals surface area contributed by atoms with Crippen molar-refractivity contribution in [2.45, 2.75) is 0 Å². The Morgan fingerprint density at radius 2 is 1.32 bits per heavy atom. The summed E-state index contributed by atoms with van der Waals surface area (Å²) in [6.07, 6.45) is 0. The molecule has 0 N–H and O–H groups in total. The Bertz CT molecular complexity index is 660. The van der Waals surface area contributed by atoms with Gasteiger partial charge in [-0.2, -0.15) is 0 Å². The first-order valence-corrected chi connectivity index (χ1v) is 7.08. The van der Waals surface area contributed by atoms with Crippen LogP contribution in [0.1, 0.15) is 20.7 Å². The van der Waals surface area contributed by atoms with Crippen LogP contribution in [-0.2, 0) is 9.47 Å². The number of hydrogen-bond donors (Lipinski definition) is 0. The molecular formula is C16H13BrO5. The van der Waals surface area contributed by atoms with Crippen molar-refractivity contribution in [2.75, 3.05) is 14.2 Å². The quantitative estimate of drug-likeness (QED) is 0.771. The summed E-state index contributed by atoms with van der Waals surface area (Å²) in [7, 11) is 2.53. The van der Waals surface area contributed by atoms with Gasteiger partial charge in [-0.3, -0.25) is 0 Å². The highest BCUT2D eigenvalue weighted by atomic mass is 79.9. The molecule has 0 fully saturated rings.